The van der Waals surface area contributed by atoms with Gasteiger partial charge < -0.3 is 22.2 Å². The maximum atomic E-state index is 11.1. The second-order valence-corrected chi connectivity index (χ2v) is 5.34. The molecule has 1 N–H and O–H groups in total. The van der Waals surface area contributed by atoms with Gasteiger partial charge in [0.1, 0.15) is 0 Å². The number of carbonyl (C=O) groups excluding carboxylic acids is 1. The Kier molecular flexibility index (Phi) is 6.90. The number of hydrogen-bond donors (Lipinski definition) is 1. The van der Waals surface area contributed by atoms with Crippen LogP contribution in [0.2, 0.25) is 0 Å². The summed E-state index contributed by atoms with van der Waals surface area (Å²) in [4.78, 5) is 11.1. The lowest BCUT2D eigenvalue weighted by atomic mass is 10.00. The molecule has 0 atom stereocenters. The van der Waals surface area contributed by atoms with E-state index >= 15 is 0 Å². The van der Waals surface area contributed by atoms with Gasteiger partial charge in [-0.15, -0.1) is 0 Å². The monoisotopic (exact) mass is 234 g/mol. The molecule has 0 aromatic carbocycles. The smallest absolute Gasteiger partial charge is 0.243 e. The lowest BCUT2D eigenvalue weighted by molar-refractivity contribution is -0.870. The third kappa shape index (κ3) is 9.76. The largest absolute Gasteiger partial charge is 1.00 e. The van der Waals surface area contributed by atoms with Crippen molar-refractivity contribution in [2.75, 3.05) is 27.7 Å². The molecule has 15 heavy (non-hydrogen) atoms. The third-order valence-corrected chi connectivity index (χ3v) is 2.05. The number of nitrogens with zero attached hydrogens (tertiary/aromatic N) is 1. The lowest BCUT2D eigenvalue weighted by Gasteiger charge is -2.31. The van der Waals surface area contributed by atoms with Gasteiger partial charge in [0.25, 0.3) is 0 Å². The molecule has 0 saturated heterocycles. The first-order valence-corrected chi connectivity index (χ1v) is 4.91. The summed E-state index contributed by atoms with van der Waals surface area (Å²) in [6.45, 7) is 8.53. The number of halogens is 1. The van der Waals surface area contributed by atoms with E-state index < -0.39 is 0 Å². The predicted molar refractivity (Wildman–Crippen MR) is 59.9 cm³/mol. The molecule has 1 amide bonds. The summed E-state index contributed by atoms with van der Waals surface area (Å²) in [5, 5.41) is 2.91. The molecular formula is C11H23ClN2O. The highest BCUT2D eigenvalue weighted by atomic mass is 35.5. The van der Waals surface area contributed by atoms with Gasteiger partial charge in [0.05, 0.1) is 27.7 Å². The number of amides is 1. The van der Waals surface area contributed by atoms with Crippen molar-refractivity contribution >= 4 is 5.91 Å². The molecule has 4 heteroatoms. The van der Waals surface area contributed by atoms with Crippen molar-refractivity contribution in [3.05, 3.63) is 12.7 Å². The maximum Gasteiger partial charge on any atom is 0.243 e. The van der Waals surface area contributed by atoms with Crippen LogP contribution < -0.4 is 17.7 Å². The first-order chi connectivity index (χ1) is 6.16. The highest BCUT2D eigenvalue weighted by molar-refractivity contribution is 5.87. The molecule has 0 fully saturated rings. The summed E-state index contributed by atoms with van der Waals surface area (Å²) in [6.07, 6.45) is 2.27. The van der Waals surface area contributed by atoms with Crippen LogP contribution in [-0.4, -0.2) is 43.6 Å². The second-order valence-electron chi connectivity index (χ2n) is 5.34. The minimum Gasteiger partial charge on any atom is -1.00 e. The Morgan fingerprint density at radius 2 is 1.87 bits per heavy atom. The molecule has 0 radical (unpaired) electrons. The Labute approximate surface area is 99.5 Å². The van der Waals surface area contributed by atoms with Gasteiger partial charge in [-0.3, -0.25) is 4.79 Å². The molecule has 0 aliphatic rings. The molecule has 0 heterocycles. The van der Waals surface area contributed by atoms with Crippen LogP contribution in [0.3, 0.4) is 0 Å². The van der Waals surface area contributed by atoms with E-state index in [1.807, 2.05) is 13.8 Å². The topological polar surface area (TPSA) is 29.1 Å². The number of carbonyl (C=O) groups is 1. The number of nitrogens with one attached hydrogen (secondary N) is 1. The summed E-state index contributed by atoms with van der Waals surface area (Å²) in [5.74, 6) is -0.101. The summed E-state index contributed by atoms with van der Waals surface area (Å²) < 4.78 is 0.910. The Bertz CT molecular complexity index is 219. The molecule has 0 unspecified atom stereocenters. The number of quaternary nitrogens is 1. The van der Waals surface area contributed by atoms with Crippen LogP contribution >= 0.6 is 0 Å². The van der Waals surface area contributed by atoms with Gasteiger partial charge in [-0.05, 0) is 19.9 Å². The van der Waals surface area contributed by atoms with E-state index in [-0.39, 0.29) is 23.9 Å². The van der Waals surface area contributed by atoms with E-state index in [2.05, 4.69) is 33.0 Å². The molecule has 0 aromatic heterocycles. The van der Waals surface area contributed by atoms with Crippen molar-refractivity contribution in [2.45, 2.75) is 25.8 Å². The van der Waals surface area contributed by atoms with E-state index in [0.29, 0.717) is 0 Å². The van der Waals surface area contributed by atoms with E-state index in [9.17, 15) is 4.79 Å². The first kappa shape index (κ1) is 16.9. The van der Waals surface area contributed by atoms with Gasteiger partial charge in [0, 0.05) is 12.0 Å². The van der Waals surface area contributed by atoms with Gasteiger partial charge in [0.15, 0.2) is 0 Å². The summed E-state index contributed by atoms with van der Waals surface area (Å²) >= 11 is 0. The Hall–Kier alpha value is -0.540. The average molecular weight is 235 g/mol. The summed E-state index contributed by atoms with van der Waals surface area (Å²) in [7, 11) is 6.43. The highest BCUT2D eigenvalue weighted by Crippen LogP contribution is 2.10. The first-order valence-electron chi connectivity index (χ1n) is 4.91. The molecule has 0 aromatic rings. The molecule has 0 saturated carbocycles. The third-order valence-electron chi connectivity index (χ3n) is 2.05. The van der Waals surface area contributed by atoms with Crippen LogP contribution in [0.15, 0.2) is 12.7 Å². The predicted octanol–water partition coefficient (Wildman–Crippen LogP) is -1.83. The molecule has 90 valence electrons. The molecular weight excluding hydrogens is 212 g/mol. The van der Waals surface area contributed by atoms with Crippen LogP contribution in [0, 0.1) is 0 Å². The van der Waals surface area contributed by atoms with Crippen molar-refractivity contribution in [1.29, 1.82) is 0 Å². The fourth-order valence-corrected chi connectivity index (χ4v) is 1.06. The molecule has 3 nitrogen and oxygen atoms in total. The van der Waals surface area contributed by atoms with Gasteiger partial charge in [-0.2, -0.15) is 0 Å². The molecule has 0 rings (SSSR count). The zero-order valence-electron chi connectivity index (χ0n) is 10.4. The highest BCUT2D eigenvalue weighted by Gasteiger charge is 2.22. The van der Waals surface area contributed by atoms with Gasteiger partial charge >= 0.3 is 0 Å². The van der Waals surface area contributed by atoms with Crippen LogP contribution in [0.5, 0.6) is 0 Å². The SMILES string of the molecule is C=CC(=O)NC(C)(C)CC[N+](C)(C)C.[Cl-]. The van der Waals surface area contributed by atoms with Crippen molar-refractivity contribution in [1.82, 2.24) is 5.32 Å². The van der Waals surface area contributed by atoms with Gasteiger partial charge in [-0.1, -0.05) is 6.58 Å². The fourth-order valence-electron chi connectivity index (χ4n) is 1.06. The Balaban J connectivity index is 0. The van der Waals surface area contributed by atoms with Crippen LogP contribution in [-0.2, 0) is 4.79 Å². The van der Waals surface area contributed by atoms with Crippen LogP contribution in [0.25, 0.3) is 0 Å². The van der Waals surface area contributed by atoms with Crippen molar-refractivity contribution in [3.63, 3.8) is 0 Å². The summed E-state index contributed by atoms with van der Waals surface area (Å²) in [6, 6.07) is 0. The Morgan fingerprint density at radius 3 is 2.20 bits per heavy atom. The minimum atomic E-state index is -0.156. The fraction of sp³-hybridized carbons (Fsp3) is 0.727. The second kappa shape index (κ2) is 6.13. The normalized spacial score (nSPS) is 11.5. The van der Waals surface area contributed by atoms with Crippen molar-refractivity contribution in [2.24, 2.45) is 0 Å². The lowest BCUT2D eigenvalue weighted by Crippen LogP contribution is -3.00. The van der Waals surface area contributed by atoms with Crippen LogP contribution in [0.1, 0.15) is 20.3 Å². The van der Waals surface area contributed by atoms with E-state index in [0.717, 1.165) is 17.4 Å². The van der Waals surface area contributed by atoms with Gasteiger partial charge in [-0.25, -0.2) is 0 Å². The van der Waals surface area contributed by atoms with E-state index in [1.165, 1.54) is 6.08 Å². The number of hydrogen-bond acceptors (Lipinski definition) is 1. The molecule has 0 aliphatic carbocycles. The zero-order valence-corrected chi connectivity index (χ0v) is 11.2. The van der Waals surface area contributed by atoms with Crippen molar-refractivity contribution < 1.29 is 21.7 Å². The quantitative estimate of drug-likeness (QED) is 0.440. The Morgan fingerprint density at radius 1 is 1.40 bits per heavy atom. The molecule has 0 bridgehead atoms. The number of rotatable bonds is 5. The van der Waals surface area contributed by atoms with E-state index in [4.69, 9.17) is 0 Å². The average Bonchev–Trinajstić information content (AvgIpc) is 1.99. The van der Waals surface area contributed by atoms with Crippen LogP contribution in [0.4, 0.5) is 0 Å². The molecule has 0 spiro atoms. The zero-order chi connectivity index (χ0) is 11.4. The molecule has 0 aliphatic heterocycles. The maximum absolute atomic E-state index is 11.1. The van der Waals surface area contributed by atoms with Gasteiger partial charge in [0.2, 0.25) is 5.91 Å². The van der Waals surface area contributed by atoms with Crippen molar-refractivity contribution in [3.8, 4) is 0 Å². The minimum absolute atomic E-state index is 0. The van der Waals surface area contributed by atoms with E-state index in [1.54, 1.807) is 0 Å². The summed E-state index contributed by atoms with van der Waals surface area (Å²) in [5.41, 5.74) is -0.156. The standard InChI is InChI=1S/C11H22N2O.ClH/c1-7-10(14)12-11(2,3)8-9-13(4,5)6;/h7H,1,8-9H2,2-6H3;1H.